The van der Waals surface area contributed by atoms with Gasteiger partial charge in [-0.15, -0.1) is 0 Å². The predicted octanol–water partition coefficient (Wildman–Crippen LogP) is 1.49. The highest BCUT2D eigenvalue weighted by atomic mass is 35.5. The van der Waals surface area contributed by atoms with Crippen molar-refractivity contribution in [2.24, 2.45) is 5.73 Å². The van der Waals surface area contributed by atoms with E-state index in [-0.39, 0.29) is 11.7 Å². The number of halogens is 1. The van der Waals surface area contributed by atoms with E-state index in [9.17, 15) is 4.79 Å². The highest BCUT2D eigenvalue weighted by Crippen LogP contribution is 2.25. The lowest BCUT2D eigenvalue weighted by molar-refractivity contribution is 0.0987. The fourth-order valence-electron chi connectivity index (χ4n) is 1.07. The van der Waals surface area contributed by atoms with E-state index in [0.29, 0.717) is 10.6 Å². The molecule has 0 saturated carbocycles. The van der Waals surface area contributed by atoms with E-state index in [1.807, 2.05) is 0 Å². The lowest BCUT2D eigenvalue weighted by Crippen LogP contribution is -2.12. The average Bonchev–Trinajstić information content (AvgIpc) is 2.67. The Hall–Kier alpha value is -1.88. The number of hydrogen-bond acceptors (Lipinski definition) is 4. The predicted molar refractivity (Wildman–Crippen MR) is 53.3 cm³/mol. The summed E-state index contributed by atoms with van der Waals surface area (Å²) >= 11 is 5.90. The number of primary amides is 1. The van der Waals surface area contributed by atoms with Crippen molar-refractivity contribution in [1.82, 2.24) is 10.1 Å². The number of carbonyl (C=O) groups excluding carboxylic acids is 1. The van der Waals surface area contributed by atoms with Crippen molar-refractivity contribution in [3.05, 3.63) is 35.1 Å². The number of amides is 1. The van der Waals surface area contributed by atoms with Gasteiger partial charge in [0.15, 0.2) is 0 Å². The molecule has 1 amide bonds. The van der Waals surface area contributed by atoms with E-state index in [4.69, 9.17) is 21.9 Å². The maximum Gasteiger partial charge on any atom is 0.290 e. The van der Waals surface area contributed by atoms with Gasteiger partial charge >= 0.3 is 0 Å². The third-order valence-electron chi connectivity index (χ3n) is 1.75. The number of rotatable bonds is 2. The summed E-state index contributed by atoms with van der Waals surface area (Å²) in [6, 6.07) is 6.94. The minimum absolute atomic E-state index is 0.162. The second kappa shape index (κ2) is 3.70. The maximum absolute atomic E-state index is 10.7. The van der Waals surface area contributed by atoms with Gasteiger partial charge in [-0.2, -0.15) is 4.98 Å². The van der Waals surface area contributed by atoms with Crippen LogP contribution < -0.4 is 5.73 Å². The molecule has 5 nitrogen and oxygen atoms in total. The van der Waals surface area contributed by atoms with Crippen LogP contribution in [0.5, 0.6) is 0 Å². The molecule has 1 aromatic heterocycles. The number of aromatic nitrogens is 2. The van der Waals surface area contributed by atoms with Crippen LogP contribution in [0.4, 0.5) is 0 Å². The van der Waals surface area contributed by atoms with Crippen LogP contribution >= 0.6 is 11.6 Å². The molecule has 6 heteroatoms. The summed E-state index contributed by atoms with van der Waals surface area (Å²) in [6.45, 7) is 0. The summed E-state index contributed by atoms with van der Waals surface area (Å²) in [4.78, 5) is 14.5. The van der Waals surface area contributed by atoms with E-state index in [1.165, 1.54) is 0 Å². The lowest BCUT2D eigenvalue weighted by atomic mass is 10.2. The minimum atomic E-state index is -0.739. The number of nitrogens with zero attached hydrogens (tertiary/aromatic N) is 2. The van der Waals surface area contributed by atoms with Gasteiger partial charge in [0.2, 0.25) is 0 Å². The van der Waals surface area contributed by atoms with E-state index < -0.39 is 5.91 Å². The Morgan fingerprint density at radius 1 is 1.40 bits per heavy atom. The second-order valence-electron chi connectivity index (χ2n) is 2.77. The fourth-order valence-corrected chi connectivity index (χ4v) is 1.28. The molecule has 15 heavy (non-hydrogen) atoms. The zero-order valence-electron chi connectivity index (χ0n) is 7.48. The topological polar surface area (TPSA) is 82.0 Å². The zero-order valence-corrected chi connectivity index (χ0v) is 8.23. The molecule has 1 heterocycles. The van der Waals surface area contributed by atoms with Crippen LogP contribution in [0.3, 0.4) is 0 Å². The zero-order chi connectivity index (χ0) is 10.8. The molecule has 0 saturated heterocycles. The summed E-state index contributed by atoms with van der Waals surface area (Å²) in [7, 11) is 0. The van der Waals surface area contributed by atoms with Crippen LogP contribution in [0.15, 0.2) is 28.8 Å². The molecule has 0 aliphatic rings. The summed E-state index contributed by atoms with van der Waals surface area (Å²) in [6.07, 6.45) is 0. The largest absolute Gasteiger partial charge is 0.363 e. The van der Waals surface area contributed by atoms with Crippen molar-refractivity contribution in [3.63, 3.8) is 0 Å². The Kier molecular flexibility index (Phi) is 2.39. The molecule has 0 aliphatic heterocycles. The van der Waals surface area contributed by atoms with Crippen molar-refractivity contribution in [2.75, 3.05) is 0 Å². The van der Waals surface area contributed by atoms with Crippen molar-refractivity contribution in [2.45, 2.75) is 0 Å². The average molecular weight is 224 g/mol. The molecule has 0 atom stereocenters. The number of hydrogen-bond donors (Lipinski definition) is 1. The molecule has 1 aromatic carbocycles. The van der Waals surface area contributed by atoms with Gasteiger partial charge in [-0.25, -0.2) is 0 Å². The second-order valence-corrected chi connectivity index (χ2v) is 3.17. The summed E-state index contributed by atoms with van der Waals surface area (Å²) in [5, 5.41) is 3.88. The van der Waals surface area contributed by atoms with Crippen molar-refractivity contribution in [3.8, 4) is 11.5 Å². The van der Waals surface area contributed by atoms with E-state index in [1.54, 1.807) is 24.3 Å². The Bertz CT molecular complexity index is 510. The third kappa shape index (κ3) is 1.82. The molecule has 0 aliphatic carbocycles. The molecule has 2 N–H and O–H groups in total. The molecular weight excluding hydrogens is 218 g/mol. The summed E-state index contributed by atoms with van der Waals surface area (Å²) in [5.41, 5.74) is 5.55. The number of benzene rings is 1. The van der Waals surface area contributed by atoms with E-state index >= 15 is 0 Å². The summed E-state index contributed by atoms with van der Waals surface area (Å²) < 4.78 is 4.85. The van der Waals surface area contributed by atoms with Gasteiger partial charge in [0, 0.05) is 0 Å². The molecule has 0 bridgehead atoms. The Balaban J connectivity index is 2.46. The third-order valence-corrected chi connectivity index (χ3v) is 2.08. The summed E-state index contributed by atoms with van der Waals surface area (Å²) in [5.74, 6) is -0.726. The van der Waals surface area contributed by atoms with Crippen LogP contribution in [0, 0.1) is 0 Å². The van der Waals surface area contributed by atoms with Crippen molar-refractivity contribution >= 4 is 17.5 Å². The molecule has 2 aromatic rings. The fraction of sp³-hybridized carbons (Fsp3) is 0. The Morgan fingerprint density at radius 2 is 2.13 bits per heavy atom. The molecule has 0 unspecified atom stereocenters. The smallest absolute Gasteiger partial charge is 0.290 e. The SMILES string of the molecule is NC(=O)c1noc(-c2ccccc2Cl)n1. The molecular formula is C9H6ClN3O2. The lowest BCUT2D eigenvalue weighted by Gasteiger charge is -1.95. The first kappa shape index (κ1) is 9.67. The Morgan fingerprint density at radius 3 is 2.73 bits per heavy atom. The standard InChI is InChI=1S/C9H6ClN3O2/c10-6-4-2-1-3-5(6)9-12-8(7(11)14)13-15-9/h1-4H,(H2,11,14). The van der Waals surface area contributed by atoms with Crippen LogP contribution in [-0.2, 0) is 0 Å². The van der Waals surface area contributed by atoms with Gasteiger partial charge < -0.3 is 10.3 Å². The number of nitrogens with two attached hydrogens (primary N) is 1. The molecule has 0 radical (unpaired) electrons. The first-order valence-electron chi connectivity index (χ1n) is 4.07. The van der Waals surface area contributed by atoms with Gasteiger partial charge in [0.25, 0.3) is 17.6 Å². The molecule has 2 rings (SSSR count). The van der Waals surface area contributed by atoms with Crippen LogP contribution in [0.25, 0.3) is 11.5 Å². The quantitative estimate of drug-likeness (QED) is 0.836. The minimum Gasteiger partial charge on any atom is -0.363 e. The van der Waals surface area contributed by atoms with E-state index in [2.05, 4.69) is 10.1 Å². The first-order chi connectivity index (χ1) is 7.18. The maximum atomic E-state index is 10.7. The van der Waals surface area contributed by atoms with Gasteiger partial charge in [-0.3, -0.25) is 4.79 Å². The van der Waals surface area contributed by atoms with Crippen molar-refractivity contribution < 1.29 is 9.32 Å². The monoisotopic (exact) mass is 223 g/mol. The van der Waals surface area contributed by atoms with Gasteiger partial charge in [0.05, 0.1) is 10.6 Å². The highest BCUT2D eigenvalue weighted by molar-refractivity contribution is 6.33. The van der Waals surface area contributed by atoms with Gasteiger partial charge in [-0.05, 0) is 12.1 Å². The molecule has 76 valence electrons. The number of carbonyl (C=O) groups is 1. The molecule has 0 spiro atoms. The normalized spacial score (nSPS) is 10.2. The highest BCUT2D eigenvalue weighted by Gasteiger charge is 2.14. The Labute approximate surface area is 89.8 Å². The van der Waals surface area contributed by atoms with Crippen LogP contribution in [-0.4, -0.2) is 16.0 Å². The van der Waals surface area contributed by atoms with Crippen LogP contribution in [0.2, 0.25) is 5.02 Å². The van der Waals surface area contributed by atoms with Crippen LogP contribution in [0.1, 0.15) is 10.6 Å². The van der Waals surface area contributed by atoms with Crippen molar-refractivity contribution in [1.29, 1.82) is 0 Å². The van der Waals surface area contributed by atoms with Gasteiger partial charge in [-0.1, -0.05) is 28.9 Å². The van der Waals surface area contributed by atoms with Gasteiger partial charge in [0.1, 0.15) is 0 Å². The molecule has 0 fully saturated rings. The van der Waals surface area contributed by atoms with E-state index in [0.717, 1.165) is 0 Å². The first-order valence-corrected chi connectivity index (χ1v) is 4.44.